The van der Waals surface area contributed by atoms with Gasteiger partial charge >= 0.3 is 0 Å². The fourth-order valence-corrected chi connectivity index (χ4v) is 1.20. The van der Waals surface area contributed by atoms with E-state index in [4.69, 9.17) is 0 Å². The van der Waals surface area contributed by atoms with Gasteiger partial charge in [-0.15, -0.1) is 0 Å². The van der Waals surface area contributed by atoms with Crippen molar-refractivity contribution in [2.24, 2.45) is 5.92 Å². The first-order chi connectivity index (χ1) is 5.96. The van der Waals surface area contributed by atoms with Crippen molar-refractivity contribution in [1.29, 1.82) is 0 Å². The van der Waals surface area contributed by atoms with Crippen molar-refractivity contribution in [2.45, 2.75) is 26.4 Å². The van der Waals surface area contributed by atoms with Gasteiger partial charge in [0.15, 0.2) is 0 Å². The Morgan fingerprint density at radius 3 is 2.31 bits per heavy atom. The normalized spacial score (nSPS) is 15.8. The summed E-state index contributed by atoms with van der Waals surface area (Å²) in [5.41, 5.74) is -1.10. The largest absolute Gasteiger partial charge is 0.508 e. The van der Waals surface area contributed by atoms with Crippen molar-refractivity contribution >= 4 is 0 Å². The van der Waals surface area contributed by atoms with Crippen LogP contribution in [0.2, 0.25) is 0 Å². The summed E-state index contributed by atoms with van der Waals surface area (Å²) in [6.45, 7) is 5.09. The summed E-state index contributed by atoms with van der Waals surface area (Å²) in [5.74, 6) is -0.123. The van der Waals surface area contributed by atoms with E-state index in [1.54, 1.807) is 32.0 Å². The predicted molar refractivity (Wildman–Crippen MR) is 51.4 cm³/mol. The second-order valence-electron chi connectivity index (χ2n) is 3.75. The van der Waals surface area contributed by atoms with E-state index < -0.39 is 5.67 Å². The minimum Gasteiger partial charge on any atom is -0.508 e. The van der Waals surface area contributed by atoms with Crippen LogP contribution in [-0.2, 0) is 5.67 Å². The average molecular weight is 182 g/mol. The second kappa shape index (κ2) is 3.36. The molecule has 0 fully saturated rings. The Hall–Kier alpha value is -1.05. The molecule has 0 aromatic heterocycles. The number of rotatable bonds is 2. The number of halogens is 1. The summed E-state index contributed by atoms with van der Waals surface area (Å²) >= 11 is 0. The molecular formula is C11H15FO. The van der Waals surface area contributed by atoms with E-state index in [1.165, 1.54) is 13.0 Å². The lowest BCUT2D eigenvalue weighted by Gasteiger charge is -2.25. The van der Waals surface area contributed by atoms with E-state index in [0.717, 1.165) is 0 Å². The van der Waals surface area contributed by atoms with Crippen LogP contribution in [0.5, 0.6) is 5.75 Å². The Labute approximate surface area is 78.2 Å². The summed E-state index contributed by atoms with van der Waals surface area (Å²) < 4.78 is 14.0. The van der Waals surface area contributed by atoms with Crippen LogP contribution in [0.25, 0.3) is 0 Å². The molecule has 72 valence electrons. The van der Waals surface area contributed by atoms with E-state index in [0.29, 0.717) is 5.56 Å². The molecule has 1 rings (SSSR count). The van der Waals surface area contributed by atoms with Crippen LogP contribution in [0.4, 0.5) is 4.39 Å². The van der Waals surface area contributed by atoms with Crippen LogP contribution >= 0.6 is 0 Å². The van der Waals surface area contributed by atoms with Gasteiger partial charge in [-0.1, -0.05) is 32.0 Å². The molecule has 0 radical (unpaired) electrons. The predicted octanol–water partition coefficient (Wildman–Crippen LogP) is 3.23. The van der Waals surface area contributed by atoms with Gasteiger partial charge in [0.05, 0.1) is 0 Å². The highest BCUT2D eigenvalue weighted by atomic mass is 19.1. The molecule has 1 atom stereocenters. The molecule has 0 saturated heterocycles. The molecule has 0 aliphatic heterocycles. The number of hydrogen-bond donors (Lipinski definition) is 1. The molecule has 1 N–H and O–H groups in total. The van der Waals surface area contributed by atoms with Crippen LogP contribution in [0.15, 0.2) is 24.3 Å². The Kier molecular flexibility index (Phi) is 2.60. The number of phenolic OH excluding ortho intramolecular Hbond substituents is 1. The Morgan fingerprint density at radius 2 is 1.85 bits per heavy atom. The second-order valence-corrected chi connectivity index (χ2v) is 3.75. The summed E-state index contributed by atoms with van der Waals surface area (Å²) in [6.07, 6.45) is 0. The van der Waals surface area contributed by atoms with E-state index in [-0.39, 0.29) is 11.7 Å². The van der Waals surface area contributed by atoms with Crippen molar-refractivity contribution in [3.8, 4) is 5.75 Å². The van der Waals surface area contributed by atoms with Crippen molar-refractivity contribution in [3.63, 3.8) is 0 Å². The van der Waals surface area contributed by atoms with Gasteiger partial charge < -0.3 is 5.11 Å². The maximum atomic E-state index is 14.0. The van der Waals surface area contributed by atoms with Crippen molar-refractivity contribution in [2.75, 3.05) is 0 Å². The average Bonchev–Trinajstić information content (AvgIpc) is 2.04. The van der Waals surface area contributed by atoms with E-state index in [9.17, 15) is 9.50 Å². The molecule has 1 aromatic carbocycles. The molecule has 0 aliphatic rings. The molecule has 0 aliphatic carbocycles. The van der Waals surface area contributed by atoms with Gasteiger partial charge in [-0.2, -0.15) is 0 Å². The molecule has 0 bridgehead atoms. The molecule has 13 heavy (non-hydrogen) atoms. The summed E-state index contributed by atoms with van der Waals surface area (Å²) in [4.78, 5) is 0. The van der Waals surface area contributed by atoms with Gasteiger partial charge in [-0.3, -0.25) is 0 Å². The smallest absolute Gasteiger partial charge is 0.139 e. The van der Waals surface area contributed by atoms with Crippen LogP contribution in [0, 0.1) is 5.92 Å². The quantitative estimate of drug-likeness (QED) is 0.744. The van der Waals surface area contributed by atoms with Gasteiger partial charge in [0.1, 0.15) is 11.4 Å². The van der Waals surface area contributed by atoms with Gasteiger partial charge in [-0.25, -0.2) is 4.39 Å². The molecule has 0 heterocycles. The summed E-state index contributed by atoms with van der Waals surface area (Å²) in [5, 5.41) is 9.46. The zero-order chi connectivity index (χ0) is 10.1. The number of phenols is 1. The van der Waals surface area contributed by atoms with E-state index in [2.05, 4.69) is 0 Å². The SMILES string of the molecule is CC(C)C(C)(F)c1ccccc1O. The topological polar surface area (TPSA) is 20.2 Å². The fourth-order valence-electron chi connectivity index (χ4n) is 1.20. The lowest BCUT2D eigenvalue weighted by atomic mass is 9.86. The molecule has 1 nitrogen and oxygen atoms in total. The highest BCUT2D eigenvalue weighted by Gasteiger charge is 2.32. The number of aromatic hydroxyl groups is 1. The van der Waals surface area contributed by atoms with Gasteiger partial charge in [0, 0.05) is 5.56 Å². The van der Waals surface area contributed by atoms with Gasteiger partial charge in [-0.05, 0) is 18.9 Å². The summed E-state index contributed by atoms with van der Waals surface area (Å²) in [6, 6.07) is 6.55. The first-order valence-electron chi connectivity index (χ1n) is 4.43. The third-order valence-electron chi connectivity index (χ3n) is 2.51. The van der Waals surface area contributed by atoms with Gasteiger partial charge in [0.2, 0.25) is 0 Å². The molecule has 0 saturated carbocycles. The first kappa shape index (κ1) is 10.0. The van der Waals surface area contributed by atoms with Crippen molar-refractivity contribution in [1.82, 2.24) is 0 Å². The third-order valence-corrected chi connectivity index (χ3v) is 2.51. The maximum absolute atomic E-state index is 14.0. The molecule has 0 spiro atoms. The third kappa shape index (κ3) is 1.82. The van der Waals surface area contributed by atoms with Crippen molar-refractivity contribution in [3.05, 3.63) is 29.8 Å². The zero-order valence-electron chi connectivity index (χ0n) is 8.21. The van der Waals surface area contributed by atoms with Crippen LogP contribution in [0.1, 0.15) is 26.3 Å². The standard InChI is InChI=1S/C11H15FO/c1-8(2)11(3,12)9-6-4-5-7-10(9)13/h4-8,13H,1-3H3. The van der Waals surface area contributed by atoms with Crippen molar-refractivity contribution < 1.29 is 9.50 Å². The van der Waals surface area contributed by atoms with Crippen LogP contribution in [0.3, 0.4) is 0 Å². The lowest BCUT2D eigenvalue weighted by Crippen LogP contribution is -2.22. The first-order valence-corrected chi connectivity index (χ1v) is 4.43. The maximum Gasteiger partial charge on any atom is 0.139 e. The monoisotopic (exact) mass is 182 g/mol. The highest BCUT2D eigenvalue weighted by Crippen LogP contribution is 2.37. The number of hydrogen-bond acceptors (Lipinski definition) is 1. The fraction of sp³-hybridized carbons (Fsp3) is 0.455. The molecule has 0 amide bonds. The minimum atomic E-state index is -1.47. The van der Waals surface area contributed by atoms with Crippen LogP contribution < -0.4 is 0 Å². The highest BCUT2D eigenvalue weighted by molar-refractivity contribution is 5.36. The zero-order valence-corrected chi connectivity index (χ0v) is 8.21. The lowest BCUT2D eigenvalue weighted by molar-refractivity contribution is 0.119. The van der Waals surface area contributed by atoms with E-state index in [1.807, 2.05) is 0 Å². The van der Waals surface area contributed by atoms with Gasteiger partial charge in [0.25, 0.3) is 0 Å². The molecular weight excluding hydrogens is 167 g/mol. The number of benzene rings is 1. The van der Waals surface area contributed by atoms with E-state index >= 15 is 0 Å². The Balaban J connectivity index is 3.14. The minimum absolute atomic E-state index is 0.0289. The molecule has 2 heteroatoms. The molecule has 1 unspecified atom stereocenters. The summed E-state index contributed by atoms with van der Waals surface area (Å²) in [7, 11) is 0. The molecule has 1 aromatic rings. The van der Waals surface area contributed by atoms with Crippen LogP contribution in [-0.4, -0.2) is 5.11 Å². The Bertz CT molecular complexity index is 292. The number of alkyl halides is 1. The Morgan fingerprint density at radius 1 is 1.31 bits per heavy atom. The number of para-hydroxylation sites is 1.